The van der Waals surface area contributed by atoms with E-state index in [-0.39, 0.29) is 0 Å². The first kappa shape index (κ1) is 29.0. The summed E-state index contributed by atoms with van der Waals surface area (Å²) in [5.41, 5.74) is 3.08. The summed E-state index contributed by atoms with van der Waals surface area (Å²) in [7, 11) is 0. The van der Waals surface area contributed by atoms with E-state index in [2.05, 4.69) is 57.7 Å². The first-order valence-electron chi connectivity index (χ1n) is 12.5. The lowest BCUT2D eigenvalue weighted by molar-refractivity contribution is 0.222. The minimum Gasteiger partial charge on any atom is -0.473 e. The Labute approximate surface area is 192 Å². The van der Waals surface area contributed by atoms with Crippen LogP contribution < -0.4 is 0 Å². The van der Waals surface area contributed by atoms with Gasteiger partial charge in [0.05, 0.1) is 0 Å². The molecule has 1 rings (SSSR count). The van der Waals surface area contributed by atoms with Crippen molar-refractivity contribution in [1.29, 1.82) is 0 Å². The molecule has 0 aliphatic carbocycles. The maximum atomic E-state index is 8.86. The Bertz CT molecular complexity index is 494. The van der Waals surface area contributed by atoms with Crippen LogP contribution in [0.3, 0.4) is 0 Å². The monoisotopic (exact) mass is 436 g/mol. The van der Waals surface area contributed by atoms with Gasteiger partial charge in [-0.05, 0) is 36.3 Å². The highest BCUT2D eigenvalue weighted by Crippen LogP contribution is 2.19. The molecular weight excluding hydrogens is 388 g/mol. The number of hydrogen-bond acceptors (Lipinski definition) is 1. The molecule has 1 N–H and O–H groups in total. The van der Waals surface area contributed by atoms with Crippen molar-refractivity contribution in [3.8, 4) is 0 Å². The molecule has 1 unspecified atom stereocenters. The zero-order valence-corrected chi connectivity index (χ0v) is 20.9. The normalized spacial score (nSPS) is 11.6. The average molecular weight is 437 g/mol. The average Bonchev–Trinajstić information content (AvgIpc) is 2.73. The third-order valence-corrected chi connectivity index (χ3v) is 5.91. The summed E-state index contributed by atoms with van der Waals surface area (Å²) < 4.78 is 0. The van der Waals surface area contributed by atoms with Crippen LogP contribution in [0.1, 0.15) is 122 Å². The molecule has 2 nitrogen and oxygen atoms in total. The fraction of sp³-hybridized carbons (Fsp3) is 0.741. The Morgan fingerprint density at radius 1 is 0.767 bits per heavy atom. The van der Waals surface area contributed by atoms with Gasteiger partial charge in [0.15, 0.2) is 0 Å². The quantitative estimate of drug-likeness (QED) is 0.188. The predicted molar refractivity (Wildman–Crippen MR) is 136 cm³/mol. The minimum atomic E-state index is -1.14. The van der Waals surface area contributed by atoms with E-state index in [4.69, 9.17) is 9.90 Å². The third kappa shape index (κ3) is 19.0. The molecule has 0 radical (unpaired) electrons. The van der Waals surface area contributed by atoms with Crippen LogP contribution >= 0.6 is 12.6 Å². The molecule has 174 valence electrons. The molecule has 30 heavy (non-hydrogen) atoms. The van der Waals surface area contributed by atoms with E-state index in [1.54, 1.807) is 5.56 Å². The maximum absolute atomic E-state index is 8.86. The number of hydrogen-bond donors (Lipinski definition) is 2. The van der Waals surface area contributed by atoms with E-state index >= 15 is 0 Å². The van der Waals surface area contributed by atoms with Crippen molar-refractivity contribution in [2.24, 2.45) is 5.92 Å². The van der Waals surface area contributed by atoms with Crippen molar-refractivity contribution in [2.75, 3.05) is 0 Å². The van der Waals surface area contributed by atoms with Gasteiger partial charge >= 0.3 is 5.30 Å². The van der Waals surface area contributed by atoms with Crippen LogP contribution in [0.4, 0.5) is 4.79 Å². The molecule has 3 heteroatoms. The highest BCUT2D eigenvalue weighted by atomic mass is 32.1. The summed E-state index contributed by atoms with van der Waals surface area (Å²) in [5, 5.41) is 6.14. The molecule has 0 spiro atoms. The lowest BCUT2D eigenvalue weighted by Crippen LogP contribution is -2.03. The van der Waals surface area contributed by atoms with Gasteiger partial charge in [-0.15, -0.1) is 0 Å². The first-order chi connectivity index (χ1) is 14.5. The summed E-state index contributed by atoms with van der Waals surface area (Å²) in [6.07, 6.45) is 22.2. The molecule has 0 fully saturated rings. The molecule has 1 atom stereocenters. The lowest BCUT2D eigenvalue weighted by atomic mass is 9.91. The van der Waals surface area contributed by atoms with Gasteiger partial charge in [-0.3, -0.25) is 0 Å². The van der Waals surface area contributed by atoms with E-state index in [1.165, 1.54) is 108 Å². The molecule has 0 bridgehead atoms. The predicted octanol–water partition coefficient (Wildman–Crippen LogP) is 9.50. The van der Waals surface area contributed by atoms with Gasteiger partial charge in [-0.1, -0.05) is 141 Å². The second kappa shape index (κ2) is 21.3. The van der Waals surface area contributed by atoms with Crippen LogP contribution in [0.15, 0.2) is 24.3 Å². The van der Waals surface area contributed by atoms with Gasteiger partial charge in [0.1, 0.15) is 0 Å². The van der Waals surface area contributed by atoms with Gasteiger partial charge in [0.25, 0.3) is 0 Å². The molecule has 0 aromatic heterocycles. The molecule has 0 saturated heterocycles. The van der Waals surface area contributed by atoms with E-state index in [1.807, 2.05) is 0 Å². The summed E-state index contributed by atoms with van der Waals surface area (Å²) in [6, 6.07) is 9.55. The van der Waals surface area contributed by atoms with Crippen molar-refractivity contribution >= 4 is 17.9 Å². The fourth-order valence-corrected chi connectivity index (χ4v) is 3.94. The Hall–Kier alpha value is -0.960. The number of carbonyl (C=O) groups is 1. The second-order valence-electron chi connectivity index (χ2n) is 8.65. The van der Waals surface area contributed by atoms with Crippen LogP contribution in [0.25, 0.3) is 0 Å². The number of rotatable bonds is 17. The van der Waals surface area contributed by atoms with Crippen LogP contribution in [-0.2, 0) is 12.8 Å². The largest absolute Gasteiger partial charge is 0.473 e. The zero-order valence-electron chi connectivity index (χ0n) is 20.0. The van der Waals surface area contributed by atoms with E-state index in [0.717, 1.165) is 5.92 Å². The Kier molecular flexibility index (Phi) is 20.6. The van der Waals surface area contributed by atoms with Crippen molar-refractivity contribution in [1.82, 2.24) is 0 Å². The number of unbranched alkanes of at least 4 members (excludes halogenated alkanes) is 10. The van der Waals surface area contributed by atoms with Crippen molar-refractivity contribution in [3.63, 3.8) is 0 Å². The van der Waals surface area contributed by atoms with Gasteiger partial charge in [-0.25, -0.2) is 4.79 Å². The van der Waals surface area contributed by atoms with Crippen LogP contribution in [-0.4, -0.2) is 10.4 Å². The topological polar surface area (TPSA) is 37.3 Å². The zero-order chi connectivity index (χ0) is 22.5. The molecule has 1 aromatic rings. The number of benzene rings is 1. The first-order valence-corrected chi connectivity index (χ1v) is 13.0. The van der Waals surface area contributed by atoms with Gasteiger partial charge < -0.3 is 5.11 Å². The van der Waals surface area contributed by atoms with Crippen molar-refractivity contribution in [2.45, 2.75) is 124 Å². The summed E-state index contributed by atoms with van der Waals surface area (Å²) in [4.78, 5) is 8.86. The van der Waals surface area contributed by atoms with Crippen LogP contribution in [0, 0.1) is 5.92 Å². The Balaban J connectivity index is 0.00000192. The Morgan fingerprint density at radius 2 is 1.20 bits per heavy atom. The summed E-state index contributed by atoms with van der Waals surface area (Å²) >= 11 is 2.88. The van der Waals surface area contributed by atoms with Crippen LogP contribution in [0.2, 0.25) is 0 Å². The molecule has 0 heterocycles. The molecule has 0 aliphatic heterocycles. The van der Waals surface area contributed by atoms with E-state index in [9.17, 15) is 0 Å². The number of thiol groups is 1. The highest BCUT2D eigenvalue weighted by molar-refractivity contribution is 7.96. The molecule has 0 aliphatic rings. The molecule has 0 amide bonds. The SMILES string of the molecule is CCCCCCCCCCCCc1ccc(CC(CC)CCCC)cc1.O=C(O)S. The highest BCUT2D eigenvalue weighted by Gasteiger charge is 2.07. The van der Waals surface area contributed by atoms with E-state index < -0.39 is 5.30 Å². The standard InChI is InChI=1S/C26H46.CH2O2S/c1-4-7-9-10-11-12-13-14-15-16-18-25-19-21-26(22-20-25)23-24(6-3)17-8-5-2;2-1(3)4/h19-22,24H,4-18,23H2,1-3H3;4H,(H,2,3). The van der Waals surface area contributed by atoms with Gasteiger partial charge in [-0.2, -0.15) is 0 Å². The van der Waals surface area contributed by atoms with Crippen LogP contribution in [0.5, 0.6) is 0 Å². The molecule has 1 aromatic carbocycles. The minimum absolute atomic E-state index is 0.878. The lowest BCUT2D eigenvalue weighted by Gasteiger charge is -2.14. The third-order valence-electron chi connectivity index (χ3n) is 5.91. The number of aryl methyl sites for hydroxylation is 1. The smallest absolute Gasteiger partial charge is 0.361 e. The molecule has 0 saturated carbocycles. The summed E-state index contributed by atoms with van der Waals surface area (Å²) in [5.74, 6) is 0.878. The van der Waals surface area contributed by atoms with Crippen molar-refractivity contribution in [3.05, 3.63) is 35.4 Å². The van der Waals surface area contributed by atoms with Crippen molar-refractivity contribution < 1.29 is 9.90 Å². The second-order valence-corrected chi connectivity index (χ2v) is 9.03. The molecular formula is C27H48O2S. The van der Waals surface area contributed by atoms with Gasteiger partial charge in [0.2, 0.25) is 0 Å². The van der Waals surface area contributed by atoms with E-state index in [0.29, 0.717) is 0 Å². The Morgan fingerprint density at radius 3 is 1.67 bits per heavy atom. The number of carboxylic acid groups (broad SMARTS) is 1. The fourth-order valence-electron chi connectivity index (χ4n) is 3.94. The summed E-state index contributed by atoms with van der Waals surface area (Å²) in [6.45, 7) is 6.94. The maximum Gasteiger partial charge on any atom is 0.361 e. The van der Waals surface area contributed by atoms with Gasteiger partial charge in [0, 0.05) is 0 Å².